The van der Waals surface area contributed by atoms with Gasteiger partial charge in [0.25, 0.3) is 0 Å². The molecule has 0 aromatic carbocycles. The molecule has 0 amide bonds. The number of aliphatic carboxylic acids is 2. The minimum absolute atomic E-state index is 0.0378. The van der Waals surface area contributed by atoms with Gasteiger partial charge in [-0.15, -0.1) is 0 Å². The van der Waals surface area contributed by atoms with Crippen LogP contribution < -0.4 is 0 Å². The van der Waals surface area contributed by atoms with E-state index in [-0.39, 0.29) is 24.2 Å². The standard InChI is InChI=1S/C10H14O5/c1-6(9(12)13)5-8(3-4-11)7(2)10(14)15/h5,8,11H,2-4H2,1H3,(H,12,13)(H,14,15). The van der Waals surface area contributed by atoms with Crippen LogP contribution in [0.25, 0.3) is 0 Å². The van der Waals surface area contributed by atoms with Crippen LogP contribution in [0.5, 0.6) is 0 Å². The van der Waals surface area contributed by atoms with E-state index in [2.05, 4.69) is 6.58 Å². The van der Waals surface area contributed by atoms with Gasteiger partial charge >= 0.3 is 11.9 Å². The summed E-state index contributed by atoms with van der Waals surface area (Å²) in [6.07, 6.45) is 1.44. The molecule has 84 valence electrons. The smallest absolute Gasteiger partial charge is 0.331 e. The quantitative estimate of drug-likeness (QED) is 0.564. The van der Waals surface area contributed by atoms with Gasteiger partial charge in [0.1, 0.15) is 0 Å². The van der Waals surface area contributed by atoms with Crippen molar-refractivity contribution in [3.8, 4) is 0 Å². The molecular weight excluding hydrogens is 200 g/mol. The zero-order chi connectivity index (χ0) is 12.0. The second kappa shape index (κ2) is 5.98. The molecule has 0 rings (SSSR count). The van der Waals surface area contributed by atoms with Crippen LogP contribution in [0.1, 0.15) is 13.3 Å². The van der Waals surface area contributed by atoms with Gasteiger partial charge < -0.3 is 15.3 Å². The summed E-state index contributed by atoms with van der Waals surface area (Å²) in [5, 5.41) is 26.0. The zero-order valence-corrected chi connectivity index (χ0v) is 8.43. The van der Waals surface area contributed by atoms with Crippen LogP contribution in [-0.2, 0) is 9.59 Å². The monoisotopic (exact) mass is 214 g/mol. The van der Waals surface area contributed by atoms with Crippen LogP contribution in [-0.4, -0.2) is 33.9 Å². The molecule has 0 aromatic rings. The van der Waals surface area contributed by atoms with Crippen LogP contribution >= 0.6 is 0 Å². The highest BCUT2D eigenvalue weighted by atomic mass is 16.4. The van der Waals surface area contributed by atoms with Crippen molar-refractivity contribution in [3.05, 3.63) is 23.8 Å². The summed E-state index contributed by atoms with van der Waals surface area (Å²) in [5.74, 6) is -2.96. The number of carboxylic acid groups (broad SMARTS) is 2. The Kier molecular flexibility index (Phi) is 5.33. The predicted molar refractivity (Wildman–Crippen MR) is 53.4 cm³/mol. The number of hydrogen-bond acceptors (Lipinski definition) is 3. The van der Waals surface area contributed by atoms with Gasteiger partial charge in [-0.2, -0.15) is 0 Å². The van der Waals surface area contributed by atoms with Crippen LogP contribution in [0, 0.1) is 5.92 Å². The summed E-state index contributed by atoms with van der Waals surface area (Å²) in [6, 6.07) is 0. The Morgan fingerprint density at radius 3 is 2.20 bits per heavy atom. The molecule has 0 radical (unpaired) electrons. The normalized spacial score (nSPS) is 13.3. The maximum Gasteiger partial charge on any atom is 0.331 e. The highest BCUT2D eigenvalue weighted by molar-refractivity contribution is 5.89. The number of aliphatic hydroxyl groups is 1. The summed E-state index contributed by atoms with van der Waals surface area (Å²) >= 11 is 0. The number of aliphatic hydroxyl groups excluding tert-OH is 1. The average molecular weight is 214 g/mol. The SMILES string of the molecule is C=C(C(=O)O)C(C=C(C)C(=O)O)CCO. The molecule has 0 saturated heterocycles. The second-order valence-electron chi connectivity index (χ2n) is 3.10. The maximum absolute atomic E-state index is 10.6. The van der Waals surface area contributed by atoms with Crippen molar-refractivity contribution in [2.24, 2.45) is 5.92 Å². The molecule has 0 fully saturated rings. The number of carboxylic acids is 2. The lowest BCUT2D eigenvalue weighted by Gasteiger charge is -2.11. The maximum atomic E-state index is 10.6. The van der Waals surface area contributed by atoms with Crippen LogP contribution in [0.4, 0.5) is 0 Å². The first-order valence-corrected chi connectivity index (χ1v) is 4.34. The molecule has 0 aromatic heterocycles. The highest BCUT2D eigenvalue weighted by Gasteiger charge is 2.17. The summed E-state index contributed by atoms with van der Waals surface area (Å²) in [5.41, 5.74) is -0.0829. The molecule has 0 aliphatic rings. The van der Waals surface area contributed by atoms with Gasteiger partial charge in [0.05, 0.1) is 0 Å². The molecule has 0 spiro atoms. The van der Waals surface area contributed by atoms with E-state index >= 15 is 0 Å². The first-order valence-electron chi connectivity index (χ1n) is 4.34. The number of allylic oxidation sites excluding steroid dienone is 1. The average Bonchev–Trinajstić information content (AvgIpc) is 2.15. The molecule has 5 nitrogen and oxygen atoms in total. The summed E-state index contributed by atoms with van der Waals surface area (Å²) in [6.45, 7) is 4.48. The van der Waals surface area contributed by atoms with E-state index in [4.69, 9.17) is 15.3 Å². The van der Waals surface area contributed by atoms with Crippen molar-refractivity contribution in [1.29, 1.82) is 0 Å². The van der Waals surface area contributed by atoms with E-state index in [1.807, 2.05) is 0 Å². The van der Waals surface area contributed by atoms with E-state index in [1.54, 1.807) is 0 Å². The van der Waals surface area contributed by atoms with E-state index in [0.29, 0.717) is 0 Å². The lowest BCUT2D eigenvalue weighted by Crippen LogP contribution is -2.13. The van der Waals surface area contributed by atoms with E-state index < -0.39 is 17.9 Å². The fraction of sp³-hybridized carbons (Fsp3) is 0.400. The van der Waals surface area contributed by atoms with E-state index in [9.17, 15) is 9.59 Å². The largest absolute Gasteiger partial charge is 0.478 e. The molecule has 0 heterocycles. The van der Waals surface area contributed by atoms with Crippen molar-refractivity contribution in [1.82, 2.24) is 0 Å². The van der Waals surface area contributed by atoms with Gasteiger partial charge in [-0.05, 0) is 13.3 Å². The summed E-state index contributed by atoms with van der Waals surface area (Å²) in [7, 11) is 0. The number of rotatable bonds is 6. The van der Waals surface area contributed by atoms with Gasteiger partial charge in [-0.1, -0.05) is 12.7 Å². The van der Waals surface area contributed by atoms with Gasteiger partial charge in [0.15, 0.2) is 0 Å². The van der Waals surface area contributed by atoms with Crippen molar-refractivity contribution in [2.45, 2.75) is 13.3 Å². The third-order valence-corrected chi connectivity index (χ3v) is 1.95. The first kappa shape index (κ1) is 13.4. The van der Waals surface area contributed by atoms with Crippen molar-refractivity contribution in [3.63, 3.8) is 0 Å². The highest BCUT2D eigenvalue weighted by Crippen LogP contribution is 2.17. The Morgan fingerprint density at radius 1 is 1.33 bits per heavy atom. The molecule has 15 heavy (non-hydrogen) atoms. The van der Waals surface area contributed by atoms with Crippen molar-refractivity contribution < 1.29 is 24.9 Å². The molecule has 3 N–H and O–H groups in total. The molecule has 5 heteroatoms. The lowest BCUT2D eigenvalue weighted by molar-refractivity contribution is -0.134. The molecule has 0 saturated carbocycles. The van der Waals surface area contributed by atoms with Gasteiger partial charge in [-0.25, -0.2) is 9.59 Å². The number of hydrogen-bond donors (Lipinski definition) is 3. The van der Waals surface area contributed by atoms with Gasteiger partial charge in [0.2, 0.25) is 0 Å². The third-order valence-electron chi connectivity index (χ3n) is 1.95. The van der Waals surface area contributed by atoms with Gasteiger partial charge in [-0.3, -0.25) is 0 Å². The van der Waals surface area contributed by atoms with Gasteiger partial charge in [0, 0.05) is 23.7 Å². The molecule has 0 aliphatic heterocycles. The molecular formula is C10H14O5. The van der Waals surface area contributed by atoms with E-state index in [1.165, 1.54) is 13.0 Å². The van der Waals surface area contributed by atoms with Crippen LogP contribution in [0.3, 0.4) is 0 Å². The summed E-state index contributed by atoms with van der Waals surface area (Å²) < 4.78 is 0. The minimum atomic E-state index is -1.19. The fourth-order valence-electron chi connectivity index (χ4n) is 1.03. The Morgan fingerprint density at radius 2 is 1.87 bits per heavy atom. The van der Waals surface area contributed by atoms with Crippen LogP contribution in [0.2, 0.25) is 0 Å². The second-order valence-corrected chi connectivity index (χ2v) is 3.10. The van der Waals surface area contributed by atoms with E-state index in [0.717, 1.165) is 0 Å². The predicted octanol–water partition coefficient (Wildman–Crippen LogP) is 0.657. The Labute approximate surface area is 87.4 Å². The summed E-state index contributed by atoms with van der Waals surface area (Å²) in [4.78, 5) is 21.1. The lowest BCUT2D eigenvalue weighted by atomic mass is 9.95. The van der Waals surface area contributed by atoms with Crippen molar-refractivity contribution >= 4 is 11.9 Å². The molecule has 1 unspecified atom stereocenters. The Bertz CT molecular complexity index is 303. The molecule has 0 aliphatic carbocycles. The first-order chi connectivity index (χ1) is 6.90. The van der Waals surface area contributed by atoms with Crippen molar-refractivity contribution in [2.75, 3.05) is 6.61 Å². The molecule has 0 bridgehead atoms. The third kappa shape index (κ3) is 4.42. The fourth-order valence-corrected chi connectivity index (χ4v) is 1.03. The van der Waals surface area contributed by atoms with Crippen LogP contribution in [0.15, 0.2) is 23.8 Å². The topological polar surface area (TPSA) is 94.8 Å². The minimum Gasteiger partial charge on any atom is -0.478 e. The Balaban J connectivity index is 4.82. The number of carbonyl (C=O) groups is 2. The Hall–Kier alpha value is -1.62. The molecule has 1 atom stereocenters. The zero-order valence-electron chi connectivity index (χ0n) is 8.43.